The number of hydrogen-bond acceptors (Lipinski definition) is 2. The Morgan fingerprint density at radius 3 is 2.74 bits per heavy atom. The van der Waals surface area contributed by atoms with Gasteiger partial charge in [-0.05, 0) is 68.8 Å². The third kappa shape index (κ3) is 7.85. The van der Waals surface area contributed by atoms with Crippen LogP contribution in [-0.4, -0.2) is 11.7 Å². The molecule has 1 aliphatic carbocycles. The molecule has 0 saturated heterocycles. The van der Waals surface area contributed by atoms with Crippen LogP contribution in [-0.2, 0) is 0 Å². The molecule has 0 fully saturated rings. The van der Waals surface area contributed by atoms with Gasteiger partial charge in [-0.25, -0.2) is 0 Å². The van der Waals surface area contributed by atoms with E-state index in [1.165, 1.54) is 5.57 Å². The summed E-state index contributed by atoms with van der Waals surface area (Å²) in [4.78, 5) is 0. The van der Waals surface area contributed by atoms with E-state index in [0.29, 0.717) is 10.1 Å². The Labute approximate surface area is 172 Å². The second kappa shape index (κ2) is 10.8. The molecule has 0 aliphatic heterocycles. The number of hydrogen-bond donors (Lipinski definition) is 3. The lowest BCUT2D eigenvalue weighted by Crippen LogP contribution is -2.27. The van der Waals surface area contributed by atoms with Crippen molar-refractivity contribution < 1.29 is 0 Å². The molecule has 142 valence electrons. The number of allylic oxidation sites excluding steroid dienone is 7. The molecule has 1 aromatic carbocycles. The highest BCUT2D eigenvalue weighted by Gasteiger charge is 2.03. The number of nitrogens with one attached hydrogen (secondary N) is 3. The van der Waals surface area contributed by atoms with Gasteiger partial charge in [0.25, 0.3) is 0 Å². The van der Waals surface area contributed by atoms with Crippen LogP contribution >= 0.6 is 23.8 Å². The summed E-state index contributed by atoms with van der Waals surface area (Å²) in [5.74, 6) is 0. The van der Waals surface area contributed by atoms with Crippen LogP contribution in [0.15, 0.2) is 83.1 Å². The van der Waals surface area contributed by atoms with Crippen LogP contribution < -0.4 is 16.0 Å². The van der Waals surface area contributed by atoms with Gasteiger partial charge in [-0.3, -0.25) is 0 Å². The molecule has 0 spiro atoms. The zero-order chi connectivity index (χ0) is 19.6. The SMILES string of the molecule is C=C(NC(=S)Nc1cccc(NCC2=CC=CCC2)c1)/C(C)=C/C=C(\C)Cl. The third-order valence-corrected chi connectivity index (χ3v) is 4.37. The quantitative estimate of drug-likeness (QED) is 0.373. The lowest BCUT2D eigenvalue weighted by atomic mass is 10.1. The highest BCUT2D eigenvalue weighted by Crippen LogP contribution is 2.18. The third-order valence-electron chi connectivity index (χ3n) is 4.04. The molecule has 0 bridgehead atoms. The van der Waals surface area contributed by atoms with Crippen LogP contribution in [0, 0.1) is 0 Å². The summed E-state index contributed by atoms with van der Waals surface area (Å²) in [5.41, 5.74) is 5.07. The van der Waals surface area contributed by atoms with Crippen molar-refractivity contribution in [2.24, 2.45) is 0 Å². The van der Waals surface area contributed by atoms with Crippen LogP contribution in [0.5, 0.6) is 0 Å². The molecule has 3 nitrogen and oxygen atoms in total. The van der Waals surface area contributed by atoms with Crippen molar-refractivity contribution in [1.29, 1.82) is 0 Å². The molecule has 1 aliphatic rings. The molecular formula is C22H26ClN3S. The van der Waals surface area contributed by atoms with Crippen molar-refractivity contribution in [3.63, 3.8) is 0 Å². The number of rotatable bonds is 7. The van der Waals surface area contributed by atoms with Crippen molar-refractivity contribution in [3.05, 3.63) is 83.1 Å². The predicted octanol–water partition coefficient (Wildman–Crippen LogP) is 6.26. The lowest BCUT2D eigenvalue weighted by Gasteiger charge is -2.15. The maximum absolute atomic E-state index is 5.85. The maximum Gasteiger partial charge on any atom is 0.175 e. The zero-order valence-electron chi connectivity index (χ0n) is 15.8. The average Bonchev–Trinajstić information content (AvgIpc) is 2.65. The molecule has 0 saturated carbocycles. The van der Waals surface area contributed by atoms with Gasteiger partial charge in [0, 0.05) is 28.6 Å². The Bertz CT molecular complexity index is 815. The largest absolute Gasteiger partial charge is 0.381 e. The summed E-state index contributed by atoms with van der Waals surface area (Å²) in [6.45, 7) is 8.64. The van der Waals surface area contributed by atoms with Crippen LogP contribution in [0.25, 0.3) is 0 Å². The Morgan fingerprint density at radius 1 is 1.26 bits per heavy atom. The zero-order valence-corrected chi connectivity index (χ0v) is 17.4. The molecule has 0 atom stereocenters. The molecule has 0 unspecified atom stereocenters. The smallest absolute Gasteiger partial charge is 0.175 e. The minimum absolute atomic E-state index is 0.497. The van der Waals surface area contributed by atoms with E-state index >= 15 is 0 Å². The first-order valence-corrected chi connectivity index (χ1v) is 9.69. The fourth-order valence-electron chi connectivity index (χ4n) is 2.46. The number of benzene rings is 1. The Balaban J connectivity index is 1.89. The summed E-state index contributed by atoms with van der Waals surface area (Å²) >= 11 is 11.2. The number of halogens is 1. The van der Waals surface area contributed by atoms with E-state index in [2.05, 4.69) is 40.8 Å². The monoisotopic (exact) mass is 399 g/mol. The van der Waals surface area contributed by atoms with Crippen LogP contribution in [0.2, 0.25) is 0 Å². The molecule has 0 aromatic heterocycles. The maximum atomic E-state index is 5.85. The van der Waals surface area contributed by atoms with Gasteiger partial charge in [0.05, 0.1) is 0 Å². The van der Waals surface area contributed by atoms with Gasteiger partial charge >= 0.3 is 0 Å². The van der Waals surface area contributed by atoms with Gasteiger partial charge in [-0.1, -0.05) is 54.1 Å². The Hall–Kier alpha value is -2.30. The molecule has 0 radical (unpaired) electrons. The number of thiocarbonyl (C=S) groups is 1. The Kier molecular flexibility index (Phi) is 8.37. The summed E-state index contributed by atoms with van der Waals surface area (Å²) in [6, 6.07) is 8.06. The molecule has 27 heavy (non-hydrogen) atoms. The van der Waals surface area contributed by atoms with Crippen molar-refractivity contribution in [1.82, 2.24) is 5.32 Å². The van der Waals surface area contributed by atoms with Crippen molar-refractivity contribution in [2.75, 3.05) is 17.2 Å². The van der Waals surface area contributed by atoms with Crippen molar-refractivity contribution in [3.8, 4) is 0 Å². The summed E-state index contributed by atoms with van der Waals surface area (Å²) in [5, 5.41) is 11.0. The van der Waals surface area contributed by atoms with Gasteiger partial charge in [0.2, 0.25) is 0 Å². The molecule has 5 heteroatoms. The lowest BCUT2D eigenvalue weighted by molar-refractivity contribution is 0.933. The first kappa shape index (κ1) is 21.0. The van der Waals surface area contributed by atoms with Gasteiger partial charge in [0.15, 0.2) is 5.11 Å². The van der Waals surface area contributed by atoms with Crippen molar-refractivity contribution >= 4 is 40.3 Å². The molecular weight excluding hydrogens is 374 g/mol. The highest BCUT2D eigenvalue weighted by atomic mass is 35.5. The van der Waals surface area contributed by atoms with E-state index in [1.807, 2.05) is 50.3 Å². The van der Waals surface area contributed by atoms with Crippen LogP contribution in [0.1, 0.15) is 26.7 Å². The average molecular weight is 400 g/mol. The summed E-state index contributed by atoms with van der Waals surface area (Å²) in [6.07, 6.45) is 12.5. The standard InChI is InChI=1S/C22H26ClN3S/c1-16(12-13-17(2)23)18(3)25-22(27)26-21-11-7-10-20(14-21)24-15-19-8-5-4-6-9-19/h4-5,7-8,10-14,24H,3,6,9,15H2,1-2H3,(H2,25,26,27)/b16-12+,17-13+. The second-order valence-corrected chi connectivity index (χ2v) is 7.39. The van der Waals surface area contributed by atoms with E-state index < -0.39 is 0 Å². The first-order valence-electron chi connectivity index (χ1n) is 8.90. The normalized spacial score (nSPS) is 14.4. The molecule has 2 rings (SSSR count). The van der Waals surface area contributed by atoms with E-state index in [-0.39, 0.29) is 0 Å². The summed E-state index contributed by atoms with van der Waals surface area (Å²) < 4.78 is 0. The predicted molar refractivity (Wildman–Crippen MR) is 123 cm³/mol. The molecule has 0 heterocycles. The summed E-state index contributed by atoms with van der Waals surface area (Å²) in [7, 11) is 0. The van der Waals surface area contributed by atoms with Gasteiger partial charge in [-0.2, -0.15) is 0 Å². The Morgan fingerprint density at radius 2 is 2.04 bits per heavy atom. The molecule has 0 amide bonds. The molecule has 3 N–H and O–H groups in total. The van der Waals surface area contributed by atoms with Gasteiger partial charge < -0.3 is 16.0 Å². The van der Waals surface area contributed by atoms with Crippen molar-refractivity contribution in [2.45, 2.75) is 26.7 Å². The van der Waals surface area contributed by atoms with Crippen LogP contribution in [0.3, 0.4) is 0 Å². The topological polar surface area (TPSA) is 36.1 Å². The van der Waals surface area contributed by atoms with E-state index in [1.54, 1.807) is 0 Å². The molecule has 1 aromatic rings. The van der Waals surface area contributed by atoms with Gasteiger partial charge in [0.1, 0.15) is 0 Å². The van der Waals surface area contributed by atoms with E-state index in [0.717, 1.165) is 42.0 Å². The highest BCUT2D eigenvalue weighted by molar-refractivity contribution is 7.80. The van der Waals surface area contributed by atoms with Gasteiger partial charge in [-0.15, -0.1) is 0 Å². The fourth-order valence-corrected chi connectivity index (χ4v) is 2.76. The van der Waals surface area contributed by atoms with E-state index in [9.17, 15) is 0 Å². The number of anilines is 2. The van der Waals surface area contributed by atoms with E-state index in [4.69, 9.17) is 23.8 Å². The van der Waals surface area contributed by atoms with Crippen LogP contribution in [0.4, 0.5) is 11.4 Å². The second-order valence-electron chi connectivity index (χ2n) is 6.39. The minimum Gasteiger partial charge on any atom is -0.381 e. The minimum atomic E-state index is 0.497. The first-order chi connectivity index (χ1) is 12.9. The fraction of sp³-hybridized carbons (Fsp3) is 0.227.